The van der Waals surface area contributed by atoms with Gasteiger partial charge in [0.1, 0.15) is 5.82 Å². The normalized spacial score (nSPS) is 8.83. The second-order valence-electron chi connectivity index (χ2n) is 0.848. The first-order chi connectivity index (χ1) is 2.89. The lowest BCUT2D eigenvalue weighted by Crippen LogP contribution is -1.69. The van der Waals surface area contributed by atoms with Crippen LogP contribution in [-0.4, -0.2) is 20.6 Å². The van der Waals surface area contributed by atoms with Crippen LogP contribution in [0.3, 0.4) is 0 Å². The summed E-state index contributed by atoms with van der Waals surface area (Å²) in [6.07, 6.45) is 0. The molecular weight excluding hydrogens is 80.0 g/mol. The molecule has 0 spiro atoms. The zero-order valence-corrected chi connectivity index (χ0v) is 3.05. The van der Waals surface area contributed by atoms with E-state index in [4.69, 9.17) is 0 Å². The maximum atomic E-state index is 3.39. The summed E-state index contributed by atoms with van der Waals surface area (Å²) in [6.45, 7) is 3.39. The van der Waals surface area contributed by atoms with Gasteiger partial charge in [0.2, 0.25) is 0 Å². The SMILES string of the molecule is [CH2]c1nnn[nH]1. The standard InChI is InChI=1S/C2H3N4/c1-2-3-5-6-4-2/h1H2,(H,3,4,5,6). The third-order valence-corrected chi connectivity index (χ3v) is 0.389. The zero-order chi connectivity index (χ0) is 4.41. The largest absolute Gasteiger partial charge is 0.243 e. The molecule has 0 aliphatic carbocycles. The fraction of sp³-hybridized carbons (Fsp3) is 0. The molecule has 1 rings (SSSR count). The van der Waals surface area contributed by atoms with E-state index in [0.29, 0.717) is 5.82 Å². The molecule has 0 unspecified atom stereocenters. The molecule has 1 aromatic rings. The smallest absolute Gasteiger partial charge is 0.148 e. The van der Waals surface area contributed by atoms with Crippen LogP contribution in [-0.2, 0) is 0 Å². The third-order valence-electron chi connectivity index (χ3n) is 0.389. The second kappa shape index (κ2) is 1.04. The number of rotatable bonds is 0. The highest BCUT2D eigenvalue weighted by Crippen LogP contribution is 1.68. The number of H-pyrrole nitrogens is 1. The summed E-state index contributed by atoms with van der Waals surface area (Å²) < 4.78 is 0. The van der Waals surface area contributed by atoms with E-state index in [1.807, 2.05) is 0 Å². The fourth-order valence-corrected chi connectivity index (χ4v) is 0.179. The molecule has 1 radical (unpaired) electrons. The molecule has 0 saturated carbocycles. The lowest BCUT2D eigenvalue weighted by molar-refractivity contribution is 0.881. The quantitative estimate of drug-likeness (QED) is 0.455. The van der Waals surface area contributed by atoms with Crippen LogP contribution >= 0.6 is 0 Å². The topological polar surface area (TPSA) is 54.5 Å². The number of hydrogen-bond acceptors (Lipinski definition) is 3. The summed E-state index contributed by atoms with van der Waals surface area (Å²) in [6, 6.07) is 0. The van der Waals surface area contributed by atoms with Gasteiger partial charge in [-0.05, 0) is 10.4 Å². The Morgan fingerprint density at radius 3 is 2.67 bits per heavy atom. The van der Waals surface area contributed by atoms with Gasteiger partial charge in [-0.1, -0.05) is 0 Å². The minimum atomic E-state index is 0.495. The van der Waals surface area contributed by atoms with Crippen LogP contribution in [0.15, 0.2) is 0 Å². The molecule has 0 aliphatic rings. The van der Waals surface area contributed by atoms with Gasteiger partial charge in [-0.3, -0.25) is 0 Å². The van der Waals surface area contributed by atoms with Crippen LogP contribution in [0.4, 0.5) is 0 Å². The van der Waals surface area contributed by atoms with Gasteiger partial charge < -0.3 is 0 Å². The summed E-state index contributed by atoms with van der Waals surface area (Å²) in [4.78, 5) is 0. The van der Waals surface area contributed by atoms with Gasteiger partial charge in [0, 0.05) is 6.92 Å². The van der Waals surface area contributed by atoms with E-state index >= 15 is 0 Å². The Labute approximate surface area is 34.6 Å². The van der Waals surface area contributed by atoms with Gasteiger partial charge in [0.25, 0.3) is 0 Å². The minimum absolute atomic E-state index is 0.495. The van der Waals surface area contributed by atoms with Crippen molar-refractivity contribution in [1.82, 2.24) is 20.6 Å². The number of hydrogen-bond donors (Lipinski definition) is 1. The van der Waals surface area contributed by atoms with E-state index in [-0.39, 0.29) is 0 Å². The Kier molecular flexibility index (Phi) is 0.567. The summed E-state index contributed by atoms with van der Waals surface area (Å²) in [5.41, 5.74) is 0. The van der Waals surface area contributed by atoms with Gasteiger partial charge >= 0.3 is 0 Å². The Morgan fingerprint density at radius 1 is 1.67 bits per heavy atom. The van der Waals surface area contributed by atoms with Crippen molar-refractivity contribution in [3.05, 3.63) is 12.7 Å². The first-order valence-electron chi connectivity index (χ1n) is 1.45. The lowest BCUT2D eigenvalue weighted by Gasteiger charge is -1.62. The minimum Gasteiger partial charge on any atom is -0.243 e. The van der Waals surface area contributed by atoms with Crippen LogP contribution in [0.5, 0.6) is 0 Å². The molecule has 1 N–H and O–H groups in total. The molecule has 0 aromatic carbocycles. The first kappa shape index (κ1) is 3.27. The molecule has 4 heteroatoms. The average Bonchev–Trinajstić information content (AvgIpc) is 1.86. The molecule has 0 amide bonds. The van der Waals surface area contributed by atoms with E-state index in [2.05, 4.69) is 27.5 Å². The fourth-order valence-electron chi connectivity index (χ4n) is 0.179. The van der Waals surface area contributed by atoms with E-state index < -0.39 is 0 Å². The van der Waals surface area contributed by atoms with Gasteiger partial charge in [0.15, 0.2) is 0 Å². The van der Waals surface area contributed by atoms with Crippen molar-refractivity contribution in [3.63, 3.8) is 0 Å². The maximum absolute atomic E-state index is 3.39. The van der Waals surface area contributed by atoms with Gasteiger partial charge in [-0.2, -0.15) is 0 Å². The molecule has 31 valence electrons. The summed E-state index contributed by atoms with van der Waals surface area (Å²) >= 11 is 0. The molecular formula is C2H3N4. The molecule has 0 bridgehead atoms. The summed E-state index contributed by atoms with van der Waals surface area (Å²) in [7, 11) is 0. The predicted molar refractivity (Wildman–Crippen MR) is 18.6 cm³/mol. The molecule has 4 nitrogen and oxygen atoms in total. The van der Waals surface area contributed by atoms with Crippen molar-refractivity contribution in [2.24, 2.45) is 0 Å². The highest BCUT2D eigenvalue weighted by Gasteiger charge is 1.77. The third kappa shape index (κ3) is 0.357. The molecule has 0 aliphatic heterocycles. The van der Waals surface area contributed by atoms with E-state index in [1.54, 1.807) is 0 Å². The summed E-state index contributed by atoms with van der Waals surface area (Å²) in [5.74, 6) is 0.495. The van der Waals surface area contributed by atoms with Crippen molar-refractivity contribution in [1.29, 1.82) is 0 Å². The Bertz CT molecular complexity index is 109. The number of tetrazole rings is 1. The average molecular weight is 83.1 g/mol. The Morgan fingerprint density at radius 2 is 2.50 bits per heavy atom. The van der Waals surface area contributed by atoms with Gasteiger partial charge in [0.05, 0.1) is 0 Å². The van der Waals surface area contributed by atoms with E-state index in [1.165, 1.54) is 0 Å². The number of aromatic amines is 1. The van der Waals surface area contributed by atoms with Crippen LogP contribution < -0.4 is 0 Å². The van der Waals surface area contributed by atoms with Crippen LogP contribution in [0.1, 0.15) is 5.82 Å². The highest BCUT2D eigenvalue weighted by atomic mass is 15.5. The predicted octanol–water partition coefficient (Wildman–Crippen LogP) is -0.618. The van der Waals surface area contributed by atoms with E-state index in [0.717, 1.165) is 0 Å². The van der Waals surface area contributed by atoms with Crippen LogP contribution in [0.25, 0.3) is 0 Å². The molecule has 6 heavy (non-hydrogen) atoms. The molecule has 0 saturated heterocycles. The van der Waals surface area contributed by atoms with Crippen molar-refractivity contribution in [2.45, 2.75) is 0 Å². The molecule has 0 atom stereocenters. The van der Waals surface area contributed by atoms with Crippen LogP contribution in [0.2, 0.25) is 0 Å². The van der Waals surface area contributed by atoms with E-state index in [9.17, 15) is 0 Å². The number of nitrogens with one attached hydrogen (secondary N) is 1. The Balaban J connectivity index is 3.05. The van der Waals surface area contributed by atoms with Crippen molar-refractivity contribution in [2.75, 3.05) is 0 Å². The van der Waals surface area contributed by atoms with Crippen molar-refractivity contribution < 1.29 is 0 Å². The lowest BCUT2D eigenvalue weighted by atomic mass is 10.8. The Hall–Kier alpha value is -0.930. The van der Waals surface area contributed by atoms with Gasteiger partial charge in [-0.25, -0.2) is 5.10 Å². The molecule has 1 heterocycles. The van der Waals surface area contributed by atoms with Crippen molar-refractivity contribution >= 4 is 0 Å². The molecule has 1 aromatic heterocycles. The van der Waals surface area contributed by atoms with Crippen molar-refractivity contribution in [3.8, 4) is 0 Å². The highest BCUT2D eigenvalue weighted by molar-refractivity contribution is 4.77. The zero-order valence-electron chi connectivity index (χ0n) is 3.05. The number of aromatic nitrogens is 4. The summed E-state index contributed by atoms with van der Waals surface area (Å²) in [5, 5.41) is 12.3. The van der Waals surface area contributed by atoms with Gasteiger partial charge in [-0.15, -0.1) is 5.10 Å². The first-order valence-corrected chi connectivity index (χ1v) is 1.45. The second-order valence-corrected chi connectivity index (χ2v) is 0.848. The van der Waals surface area contributed by atoms with Crippen LogP contribution in [0, 0.1) is 6.92 Å². The molecule has 0 fully saturated rings. The monoisotopic (exact) mass is 83.0 g/mol. The number of nitrogens with zero attached hydrogens (tertiary/aromatic N) is 3. The maximum Gasteiger partial charge on any atom is 0.148 e.